The van der Waals surface area contributed by atoms with E-state index in [9.17, 15) is 9.59 Å². The van der Waals surface area contributed by atoms with Gasteiger partial charge < -0.3 is 15.0 Å². The SMILES string of the molecule is CCCNC(CCSc1nccc(=O)[nH]1)C(=O)OC. The quantitative estimate of drug-likeness (QED) is 0.417. The lowest BCUT2D eigenvalue weighted by Crippen LogP contribution is -2.38. The molecule has 106 valence electrons. The Labute approximate surface area is 116 Å². The summed E-state index contributed by atoms with van der Waals surface area (Å²) in [6, 6.07) is 1.05. The summed E-state index contributed by atoms with van der Waals surface area (Å²) in [5.41, 5.74) is -0.175. The average molecular weight is 285 g/mol. The first-order valence-corrected chi connectivity index (χ1v) is 7.15. The second kappa shape index (κ2) is 8.71. The van der Waals surface area contributed by atoms with Crippen LogP contribution in [-0.2, 0) is 9.53 Å². The number of aromatic nitrogens is 2. The molecule has 0 aliphatic heterocycles. The van der Waals surface area contributed by atoms with Gasteiger partial charge in [0, 0.05) is 18.0 Å². The van der Waals surface area contributed by atoms with E-state index in [1.807, 2.05) is 6.92 Å². The van der Waals surface area contributed by atoms with E-state index in [-0.39, 0.29) is 17.6 Å². The topological polar surface area (TPSA) is 84.1 Å². The second-order valence-corrected chi connectivity index (χ2v) is 4.99. The molecule has 19 heavy (non-hydrogen) atoms. The summed E-state index contributed by atoms with van der Waals surface area (Å²) >= 11 is 1.41. The van der Waals surface area contributed by atoms with Gasteiger partial charge >= 0.3 is 5.97 Å². The van der Waals surface area contributed by atoms with Crippen molar-refractivity contribution in [2.45, 2.75) is 31.0 Å². The summed E-state index contributed by atoms with van der Waals surface area (Å²) in [6.45, 7) is 2.81. The van der Waals surface area contributed by atoms with Crippen molar-refractivity contribution in [1.82, 2.24) is 15.3 Å². The predicted octanol–water partition coefficient (Wildman–Crippen LogP) is 0.793. The van der Waals surface area contributed by atoms with E-state index in [1.165, 1.54) is 31.1 Å². The fourth-order valence-corrected chi connectivity index (χ4v) is 2.32. The predicted molar refractivity (Wildman–Crippen MR) is 74.3 cm³/mol. The van der Waals surface area contributed by atoms with Gasteiger partial charge in [0.1, 0.15) is 6.04 Å². The van der Waals surface area contributed by atoms with Crippen LogP contribution in [0.1, 0.15) is 19.8 Å². The summed E-state index contributed by atoms with van der Waals surface area (Å²) < 4.78 is 4.75. The first-order valence-electron chi connectivity index (χ1n) is 6.16. The van der Waals surface area contributed by atoms with Crippen molar-refractivity contribution in [3.8, 4) is 0 Å². The summed E-state index contributed by atoms with van der Waals surface area (Å²) in [4.78, 5) is 29.3. The number of nitrogens with zero attached hydrogens (tertiary/aromatic N) is 1. The first-order chi connectivity index (χ1) is 9.17. The van der Waals surface area contributed by atoms with Crippen LogP contribution in [0.3, 0.4) is 0 Å². The van der Waals surface area contributed by atoms with Crippen molar-refractivity contribution >= 4 is 17.7 Å². The van der Waals surface area contributed by atoms with Crippen molar-refractivity contribution in [1.29, 1.82) is 0 Å². The Hall–Kier alpha value is -1.34. The van der Waals surface area contributed by atoms with Crippen LogP contribution >= 0.6 is 11.8 Å². The highest BCUT2D eigenvalue weighted by molar-refractivity contribution is 7.99. The van der Waals surface area contributed by atoms with E-state index in [1.54, 1.807) is 0 Å². The fraction of sp³-hybridized carbons (Fsp3) is 0.583. The minimum atomic E-state index is -0.312. The maximum atomic E-state index is 11.5. The normalized spacial score (nSPS) is 12.1. The van der Waals surface area contributed by atoms with E-state index in [0.717, 1.165) is 13.0 Å². The summed E-state index contributed by atoms with van der Waals surface area (Å²) in [7, 11) is 1.38. The number of ether oxygens (including phenoxy) is 1. The number of carbonyl (C=O) groups is 1. The van der Waals surface area contributed by atoms with Gasteiger partial charge in [-0.15, -0.1) is 0 Å². The van der Waals surface area contributed by atoms with Gasteiger partial charge in [0.25, 0.3) is 5.56 Å². The first kappa shape index (κ1) is 15.7. The lowest BCUT2D eigenvalue weighted by Gasteiger charge is -2.15. The zero-order valence-corrected chi connectivity index (χ0v) is 12.0. The van der Waals surface area contributed by atoms with E-state index in [2.05, 4.69) is 15.3 Å². The number of H-pyrrole nitrogens is 1. The van der Waals surface area contributed by atoms with Crippen molar-refractivity contribution in [2.75, 3.05) is 19.4 Å². The summed E-state index contributed by atoms with van der Waals surface area (Å²) in [5.74, 6) is 0.409. The maximum Gasteiger partial charge on any atom is 0.322 e. The fourth-order valence-electron chi connectivity index (χ4n) is 1.46. The maximum absolute atomic E-state index is 11.5. The number of nitrogens with one attached hydrogen (secondary N) is 2. The molecule has 0 aromatic carbocycles. The number of methoxy groups -OCH3 is 1. The van der Waals surface area contributed by atoms with Crippen LogP contribution in [0.25, 0.3) is 0 Å². The molecule has 0 saturated heterocycles. The van der Waals surface area contributed by atoms with Crippen molar-refractivity contribution in [3.63, 3.8) is 0 Å². The van der Waals surface area contributed by atoms with E-state index >= 15 is 0 Å². The Balaban J connectivity index is 2.43. The van der Waals surface area contributed by atoms with Gasteiger partial charge in [0.2, 0.25) is 0 Å². The standard InChI is InChI=1S/C12H19N3O3S/c1-3-6-13-9(11(17)18-2)5-8-19-12-14-7-4-10(16)15-12/h4,7,9,13H,3,5-6,8H2,1-2H3,(H,14,15,16). The molecule has 0 aliphatic carbocycles. The number of aromatic amines is 1. The number of thioether (sulfide) groups is 1. The van der Waals surface area contributed by atoms with Crippen LogP contribution in [0.2, 0.25) is 0 Å². The van der Waals surface area contributed by atoms with Gasteiger partial charge in [-0.25, -0.2) is 4.98 Å². The third-order valence-electron chi connectivity index (χ3n) is 2.42. The molecule has 0 spiro atoms. The number of esters is 1. The van der Waals surface area contributed by atoms with Crippen LogP contribution in [0.5, 0.6) is 0 Å². The average Bonchev–Trinajstić information content (AvgIpc) is 2.42. The minimum Gasteiger partial charge on any atom is -0.468 e. The lowest BCUT2D eigenvalue weighted by atomic mass is 10.2. The van der Waals surface area contributed by atoms with Gasteiger partial charge in [0.15, 0.2) is 5.16 Å². The number of hydrogen-bond acceptors (Lipinski definition) is 6. The summed E-state index contributed by atoms with van der Waals surface area (Å²) in [6.07, 6.45) is 3.04. The van der Waals surface area contributed by atoms with E-state index in [0.29, 0.717) is 17.3 Å². The second-order valence-electron chi connectivity index (χ2n) is 3.91. The molecule has 0 aliphatic rings. The molecule has 1 rings (SSSR count). The smallest absolute Gasteiger partial charge is 0.322 e. The highest BCUT2D eigenvalue weighted by Gasteiger charge is 2.17. The zero-order chi connectivity index (χ0) is 14.1. The number of carbonyl (C=O) groups excluding carboxylic acids is 1. The largest absolute Gasteiger partial charge is 0.468 e. The zero-order valence-electron chi connectivity index (χ0n) is 11.1. The third-order valence-corrected chi connectivity index (χ3v) is 3.34. The molecule has 7 heteroatoms. The van der Waals surface area contributed by atoms with E-state index < -0.39 is 0 Å². The van der Waals surface area contributed by atoms with Crippen molar-refractivity contribution < 1.29 is 9.53 Å². The van der Waals surface area contributed by atoms with Gasteiger partial charge in [-0.05, 0) is 19.4 Å². The molecule has 0 radical (unpaired) electrons. The van der Waals surface area contributed by atoms with Crippen molar-refractivity contribution in [2.24, 2.45) is 0 Å². The lowest BCUT2D eigenvalue weighted by molar-refractivity contribution is -0.143. The molecular formula is C12H19N3O3S. The van der Waals surface area contributed by atoms with Crippen LogP contribution < -0.4 is 10.9 Å². The minimum absolute atomic E-state index is 0.175. The highest BCUT2D eigenvalue weighted by Crippen LogP contribution is 2.13. The summed E-state index contributed by atoms with van der Waals surface area (Å²) in [5, 5.41) is 3.70. The molecule has 1 aromatic rings. The third kappa shape index (κ3) is 5.89. The van der Waals surface area contributed by atoms with Crippen LogP contribution in [0.15, 0.2) is 22.2 Å². The molecule has 1 aromatic heterocycles. The molecule has 0 fully saturated rings. The molecule has 0 bridgehead atoms. The van der Waals surface area contributed by atoms with Gasteiger partial charge in [0.05, 0.1) is 7.11 Å². The van der Waals surface area contributed by atoms with Crippen molar-refractivity contribution in [3.05, 3.63) is 22.6 Å². The molecule has 0 amide bonds. The van der Waals surface area contributed by atoms with Crippen LogP contribution in [0, 0.1) is 0 Å². The number of hydrogen-bond donors (Lipinski definition) is 2. The Morgan fingerprint density at radius 2 is 2.42 bits per heavy atom. The Kier molecular flexibility index (Phi) is 7.20. The molecule has 1 heterocycles. The Bertz CT molecular complexity index is 450. The van der Waals surface area contributed by atoms with Crippen LogP contribution in [-0.4, -0.2) is 41.4 Å². The van der Waals surface area contributed by atoms with Gasteiger partial charge in [-0.3, -0.25) is 9.59 Å². The molecule has 6 nitrogen and oxygen atoms in total. The Morgan fingerprint density at radius 1 is 1.63 bits per heavy atom. The molecule has 0 saturated carbocycles. The van der Waals surface area contributed by atoms with Gasteiger partial charge in [-0.1, -0.05) is 18.7 Å². The molecular weight excluding hydrogens is 266 g/mol. The monoisotopic (exact) mass is 285 g/mol. The number of rotatable bonds is 8. The molecule has 1 atom stereocenters. The molecule has 2 N–H and O–H groups in total. The highest BCUT2D eigenvalue weighted by atomic mass is 32.2. The molecule has 1 unspecified atom stereocenters. The van der Waals surface area contributed by atoms with Crippen LogP contribution in [0.4, 0.5) is 0 Å². The Morgan fingerprint density at radius 3 is 3.05 bits per heavy atom. The van der Waals surface area contributed by atoms with Gasteiger partial charge in [-0.2, -0.15) is 0 Å². The van der Waals surface area contributed by atoms with E-state index in [4.69, 9.17) is 4.74 Å².